The van der Waals surface area contributed by atoms with Gasteiger partial charge in [-0.2, -0.15) is 0 Å². The maximum atomic E-state index is 13.5. The zero-order valence-electron chi connectivity index (χ0n) is 39.2. The summed E-state index contributed by atoms with van der Waals surface area (Å²) in [7, 11) is 0. The smallest absolute Gasteiger partial charge is 0.248 e. The molecule has 0 radical (unpaired) electrons. The number of fused-ring (bicyclic) bond motifs is 2. The van der Waals surface area contributed by atoms with Crippen LogP contribution in [0.5, 0.6) is 0 Å². The van der Waals surface area contributed by atoms with Gasteiger partial charge in [0.05, 0.1) is 77.4 Å². The second-order valence-electron chi connectivity index (χ2n) is 16.4. The van der Waals surface area contributed by atoms with Gasteiger partial charge in [0, 0.05) is 11.1 Å². The number of aromatic nitrogens is 10. The Morgan fingerprint density at radius 3 is 1.40 bits per heavy atom. The molecule has 21 heteroatoms. The van der Waals surface area contributed by atoms with Gasteiger partial charge in [-0.3, -0.25) is 33.7 Å². The van der Waals surface area contributed by atoms with Crippen LogP contribution in [0.4, 0.5) is 30.6 Å². The maximum absolute atomic E-state index is 13.5. The molecule has 17 nitrogen and oxygen atoms in total. The fourth-order valence-corrected chi connectivity index (χ4v) is 7.58. The van der Waals surface area contributed by atoms with Crippen molar-refractivity contribution in [2.75, 3.05) is 16.0 Å². The Hall–Kier alpha value is -9.30. The van der Waals surface area contributed by atoms with E-state index in [2.05, 4.69) is 55.8 Å². The summed E-state index contributed by atoms with van der Waals surface area (Å²) in [6.07, 6.45) is 12.6. The lowest BCUT2D eigenvalue weighted by molar-refractivity contribution is 0.0992. The largest absolute Gasteiger partial charge is 0.366 e. The van der Waals surface area contributed by atoms with E-state index in [1.54, 1.807) is 107 Å². The van der Waals surface area contributed by atoms with Crippen LogP contribution in [-0.4, -0.2) is 60.8 Å². The number of nitrogens with one attached hydrogen (secondary N) is 3. The van der Waals surface area contributed by atoms with Crippen LogP contribution in [0.1, 0.15) is 76.3 Å². The van der Waals surface area contributed by atoms with Gasteiger partial charge in [-0.05, 0) is 110 Å². The highest BCUT2D eigenvalue weighted by molar-refractivity contribution is 6.29. The quantitative estimate of drug-likeness (QED) is 0.0724. The molecule has 5 aromatic carbocycles. The average molecular weight is 1000 g/mol. The van der Waals surface area contributed by atoms with E-state index < -0.39 is 11.8 Å². The van der Waals surface area contributed by atoms with Gasteiger partial charge in [0.15, 0.2) is 11.6 Å². The molecule has 10 aromatic rings. The molecular weight excluding hydrogens is 959 g/mol. The summed E-state index contributed by atoms with van der Waals surface area (Å²) in [6, 6.07) is 28.9. The van der Waals surface area contributed by atoms with E-state index in [9.17, 15) is 22.8 Å². The van der Waals surface area contributed by atoms with Crippen LogP contribution in [0, 0.1) is 17.5 Å². The van der Waals surface area contributed by atoms with E-state index in [4.69, 9.17) is 23.1 Å². The third kappa shape index (κ3) is 12.7. The number of hydrogen-bond donors (Lipinski definition) is 5. The first-order valence-electron chi connectivity index (χ1n) is 22.4. The van der Waals surface area contributed by atoms with E-state index in [0.717, 1.165) is 22.2 Å². The Kier molecular flexibility index (Phi) is 15.5. The Balaban J connectivity index is 0.000000151. The third-order valence-electron chi connectivity index (χ3n) is 11.1. The molecule has 10 rings (SSSR count). The summed E-state index contributed by atoms with van der Waals surface area (Å²) < 4.78 is 43.5. The van der Waals surface area contributed by atoms with Gasteiger partial charge in [-0.15, -0.1) is 0 Å². The molecule has 3 atom stereocenters. The summed E-state index contributed by atoms with van der Waals surface area (Å²) in [6.45, 7) is 5.74. The number of primary amides is 2. The molecule has 0 aliphatic heterocycles. The molecule has 0 saturated carbocycles. The molecule has 0 aliphatic rings. The summed E-state index contributed by atoms with van der Waals surface area (Å²) in [5.41, 5.74) is 16.7. The van der Waals surface area contributed by atoms with Crippen LogP contribution in [0.2, 0.25) is 5.15 Å². The number of nitrogens with zero attached hydrogens (tertiary/aromatic N) is 10. The van der Waals surface area contributed by atoms with Gasteiger partial charge in [0.25, 0.3) is 0 Å². The lowest BCUT2D eigenvalue weighted by Crippen LogP contribution is -2.11. The molecule has 7 N–H and O–H groups in total. The molecule has 0 bridgehead atoms. The second kappa shape index (κ2) is 22.6. The van der Waals surface area contributed by atoms with Crippen molar-refractivity contribution in [2.24, 2.45) is 11.5 Å². The standard InChI is InChI=1S/2C20H17FN6O.C12H11ClFN3/c1-12(13-3-2-4-15(21)7-13)25-18-9-23-10-19(26-18)27-11-24-16-8-14(20(22)28)5-6-17(16)27;1-12(13-3-2-4-15(21)7-13)25-18-9-23-10-19(26-18)27-11-24-16-6-5-14(20(22)28)8-17(16)27;1-8(9-3-2-4-10(14)5-9)16-12-7-15-6-11(13)17-12/h2*2-12H,1H3,(H2,22,28)(H,25,26);2-8H,1H3,(H,16,17). The number of rotatable bonds is 13. The summed E-state index contributed by atoms with van der Waals surface area (Å²) in [5, 5.41) is 9.86. The number of amides is 2. The number of nitrogens with two attached hydrogens (primary N) is 2. The van der Waals surface area contributed by atoms with Gasteiger partial charge in [-0.1, -0.05) is 48.0 Å². The van der Waals surface area contributed by atoms with Crippen molar-refractivity contribution in [1.82, 2.24) is 49.0 Å². The van der Waals surface area contributed by atoms with Crippen LogP contribution in [0.15, 0.2) is 159 Å². The predicted molar refractivity (Wildman–Crippen MR) is 273 cm³/mol. The first kappa shape index (κ1) is 50.1. The van der Waals surface area contributed by atoms with Crippen molar-refractivity contribution < 1.29 is 22.8 Å². The average Bonchev–Trinajstić information content (AvgIpc) is 4.01. The van der Waals surface area contributed by atoms with Crippen LogP contribution < -0.4 is 27.4 Å². The van der Waals surface area contributed by atoms with Gasteiger partial charge < -0.3 is 27.4 Å². The number of carbonyl (C=O) groups excluding carboxylic acids is 2. The van der Waals surface area contributed by atoms with Gasteiger partial charge in [0.2, 0.25) is 11.8 Å². The molecule has 73 heavy (non-hydrogen) atoms. The molecular formula is C52H45ClF3N15O2. The number of benzene rings is 5. The van der Waals surface area contributed by atoms with Crippen LogP contribution >= 0.6 is 11.6 Å². The van der Waals surface area contributed by atoms with E-state index in [1.165, 1.54) is 42.6 Å². The minimum atomic E-state index is -0.514. The fraction of sp³-hybridized carbons (Fsp3) is 0.115. The Bertz CT molecular complexity index is 3580. The van der Waals surface area contributed by atoms with E-state index in [1.807, 2.05) is 39.0 Å². The van der Waals surface area contributed by atoms with Gasteiger partial charge >= 0.3 is 0 Å². The lowest BCUT2D eigenvalue weighted by atomic mass is 10.1. The maximum Gasteiger partial charge on any atom is 0.248 e. The van der Waals surface area contributed by atoms with Gasteiger partial charge in [-0.25, -0.2) is 38.1 Å². The molecule has 368 valence electrons. The van der Waals surface area contributed by atoms with E-state index in [-0.39, 0.29) is 35.6 Å². The summed E-state index contributed by atoms with van der Waals surface area (Å²) >= 11 is 5.73. The molecule has 0 spiro atoms. The van der Waals surface area contributed by atoms with E-state index in [0.29, 0.717) is 61.9 Å². The highest BCUT2D eigenvalue weighted by Crippen LogP contribution is 2.25. The number of anilines is 3. The topological polar surface area (TPSA) is 235 Å². The number of hydrogen-bond acceptors (Lipinski definition) is 13. The van der Waals surface area contributed by atoms with Crippen molar-refractivity contribution in [3.05, 3.63) is 209 Å². The molecule has 2 amide bonds. The number of imidazole rings is 2. The molecule has 0 aliphatic carbocycles. The first-order chi connectivity index (χ1) is 35.2. The summed E-state index contributed by atoms with van der Waals surface area (Å²) in [5.74, 6) is 0.877. The first-order valence-corrected chi connectivity index (χ1v) is 22.8. The van der Waals surface area contributed by atoms with Crippen molar-refractivity contribution in [1.29, 1.82) is 0 Å². The molecule has 0 saturated heterocycles. The van der Waals surface area contributed by atoms with Crippen LogP contribution in [0.3, 0.4) is 0 Å². The number of carbonyl (C=O) groups is 2. The number of halogens is 4. The Labute approximate surface area is 420 Å². The van der Waals surface area contributed by atoms with E-state index >= 15 is 0 Å². The zero-order valence-corrected chi connectivity index (χ0v) is 40.0. The van der Waals surface area contributed by atoms with Crippen LogP contribution in [-0.2, 0) is 0 Å². The monoisotopic (exact) mass is 1000 g/mol. The zero-order chi connectivity index (χ0) is 51.6. The molecule has 3 unspecified atom stereocenters. The second-order valence-corrected chi connectivity index (χ2v) is 16.8. The van der Waals surface area contributed by atoms with Crippen molar-refractivity contribution >= 4 is 62.9 Å². The SMILES string of the molecule is CC(Nc1cncc(-n2cnc3cc(C(N)=O)ccc32)n1)c1cccc(F)c1.CC(Nc1cncc(-n2cnc3ccc(C(N)=O)cc32)n1)c1cccc(F)c1.CC(Nc1cncc(Cl)n1)c1cccc(F)c1. The highest BCUT2D eigenvalue weighted by atomic mass is 35.5. The molecule has 0 fully saturated rings. The van der Waals surface area contributed by atoms with Crippen molar-refractivity contribution in [3.8, 4) is 11.6 Å². The van der Waals surface area contributed by atoms with Gasteiger partial charge in [0.1, 0.15) is 52.7 Å². The fourth-order valence-electron chi connectivity index (χ4n) is 7.43. The molecule has 5 aromatic heterocycles. The Morgan fingerprint density at radius 2 is 0.932 bits per heavy atom. The van der Waals surface area contributed by atoms with Crippen molar-refractivity contribution in [3.63, 3.8) is 0 Å². The highest BCUT2D eigenvalue weighted by Gasteiger charge is 2.15. The summed E-state index contributed by atoms with van der Waals surface area (Å²) in [4.78, 5) is 57.0. The predicted octanol–water partition coefficient (Wildman–Crippen LogP) is 9.90. The van der Waals surface area contributed by atoms with Crippen molar-refractivity contribution in [2.45, 2.75) is 38.9 Å². The minimum absolute atomic E-state index is 0.0709. The third-order valence-corrected chi connectivity index (χ3v) is 11.3. The Morgan fingerprint density at radius 1 is 0.507 bits per heavy atom. The molecule has 5 heterocycles. The normalized spacial score (nSPS) is 12.1. The minimum Gasteiger partial charge on any atom is -0.366 e. The van der Waals surface area contributed by atoms with Crippen LogP contribution in [0.25, 0.3) is 33.7 Å². The lowest BCUT2D eigenvalue weighted by Gasteiger charge is -2.15.